The summed E-state index contributed by atoms with van der Waals surface area (Å²) in [5.74, 6) is 0. The Bertz CT molecular complexity index is 3140. The minimum absolute atomic E-state index is 1.15. The molecule has 8 aromatic carbocycles. The molecule has 0 unspecified atom stereocenters. The lowest BCUT2D eigenvalue weighted by molar-refractivity contribution is 1.18. The lowest BCUT2D eigenvalue weighted by Crippen LogP contribution is -1.98. The first-order valence-electron chi connectivity index (χ1n) is 17.4. The Morgan fingerprint density at radius 2 is 0.824 bits per heavy atom. The maximum atomic E-state index is 2.49. The normalized spacial score (nSPS) is 11.9. The highest BCUT2D eigenvalue weighted by Gasteiger charge is 2.21. The smallest absolute Gasteiger partial charge is 0.0620 e. The Labute approximate surface area is 298 Å². The molecule has 2 nitrogen and oxygen atoms in total. The molecule has 11 aromatic rings. The highest BCUT2D eigenvalue weighted by molar-refractivity contribution is 7.25. The fraction of sp³-hybridized carbons (Fsp3) is 0. The van der Waals surface area contributed by atoms with E-state index in [1.54, 1.807) is 0 Å². The molecule has 3 heteroatoms. The van der Waals surface area contributed by atoms with Gasteiger partial charge in [-0.15, -0.1) is 11.3 Å². The van der Waals surface area contributed by atoms with Gasteiger partial charge in [0.15, 0.2) is 0 Å². The van der Waals surface area contributed by atoms with Crippen LogP contribution >= 0.6 is 11.3 Å². The van der Waals surface area contributed by atoms with Gasteiger partial charge >= 0.3 is 0 Å². The topological polar surface area (TPSA) is 9.86 Å². The van der Waals surface area contributed by atoms with Crippen molar-refractivity contribution in [2.75, 3.05) is 0 Å². The highest BCUT2D eigenvalue weighted by Crippen LogP contribution is 2.44. The van der Waals surface area contributed by atoms with Crippen LogP contribution in [0.2, 0.25) is 0 Å². The second kappa shape index (κ2) is 11.0. The van der Waals surface area contributed by atoms with Crippen LogP contribution in [-0.2, 0) is 0 Å². The van der Waals surface area contributed by atoms with Crippen LogP contribution in [0.25, 0.3) is 97.4 Å². The van der Waals surface area contributed by atoms with Crippen LogP contribution in [0.5, 0.6) is 0 Å². The summed E-state index contributed by atoms with van der Waals surface area (Å²) in [7, 11) is 0. The van der Waals surface area contributed by atoms with Crippen molar-refractivity contribution in [2.24, 2.45) is 0 Å². The van der Waals surface area contributed by atoms with E-state index in [9.17, 15) is 0 Å². The molecule has 0 aliphatic heterocycles. The van der Waals surface area contributed by atoms with E-state index in [-0.39, 0.29) is 0 Å². The fourth-order valence-electron chi connectivity index (χ4n) is 8.32. The van der Waals surface area contributed by atoms with Gasteiger partial charge in [0.2, 0.25) is 0 Å². The molecule has 0 aliphatic carbocycles. The van der Waals surface area contributed by atoms with Gasteiger partial charge in [-0.2, -0.15) is 0 Å². The largest absolute Gasteiger partial charge is 0.309 e. The van der Waals surface area contributed by atoms with Crippen LogP contribution in [0.15, 0.2) is 182 Å². The van der Waals surface area contributed by atoms with E-state index in [4.69, 9.17) is 0 Å². The zero-order valence-corrected chi connectivity index (χ0v) is 28.4. The molecule has 0 fully saturated rings. The molecule has 238 valence electrons. The monoisotopic (exact) mass is 666 g/mol. The molecule has 0 saturated heterocycles. The minimum Gasteiger partial charge on any atom is -0.309 e. The van der Waals surface area contributed by atoms with Crippen LogP contribution in [0.3, 0.4) is 0 Å². The summed E-state index contributed by atoms with van der Waals surface area (Å²) in [5, 5.41) is 7.63. The van der Waals surface area contributed by atoms with E-state index >= 15 is 0 Å². The van der Waals surface area contributed by atoms with Crippen molar-refractivity contribution in [2.45, 2.75) is 0 Å². The predicted molar refractivity (Wildman–Crippen MR) is 219 cm³/mol. The standard InChI is InChI=1S/C48H30N2S/c1-2-13-31(14-3-1)32-15-10-16-33(29-32)49-43-24-7-4-17-35(43)38-20-11-22-40(47(38)49)41-23-12-21-39-36-18-5-8-25-44(36)50(48(39)41)34-27-28-46-42(30-34)37-19-6-9-26-45(37)51-46/h1-30H. The number of benzene rings is 8. The maximum Gasteiger partial charge on any atom is 0.0620 e. The van der Waals surface area contributed by atoms with Gasteiger partial charge in [0, 0.05) is 64.2 Å². The van der Waals surface area contributed by atoms with E-state index in [1.807, 2.05) is 11.3 Å². The van der Waals surface area contributed by atoms with Gasteiger partial charge in [-0.3, -0.25) is 0 Å². The Morgan fingerprint density at radius 3 is 1.51 bits per heavy atom. The van der Waals surface area contributed by atoms with E-state index in [2.05, 4.69) is 191 Å². The lowest BCUT2D eigenvalue weighted by Gasteiger charge is -2.15. The van der Waals surface area contributed by atoms with Crippen molar-refractivity contribution in [3.8, 4) is 33.6 Å². The maximum absolute atomic E-state index is 2.49. The molecule has 11 rings (SSSR count). The molecule has 0 spiro atoms. The highest BCUT2D eigenvalue weighted by atomic mass is 32.1. The number of nitrogens with zero attached hydrogens (tertiary/aromatic N) is 2. The fourth-order valence-corrected chi connectivity index (χ4v) is 9.40. The second-order valence-corrected chi connectivity index (χ2v) is 14.4. The van der Waals surface area contributed by atoms with Crippen molar-refractivity contribution in [3.05, 3.63) is 182 Å². The van der Waals surface area contributed by atoms with Gasteiger partial charge < -0.3 is 9.13 Å². The van der Waals surface area contributed by atoms with Gasteiger partial charge in [-0.25, -0.2) is 0 Å². The number of hydrogen-bond donors (Lipinski definition) is 0. The molecule has 0 amide bonds. The van der Waals surface area contributed by atoms with Crippen LogP contribution in [0, 0.1) is 0 Å². The first kappa shape index (κ1) is 28.4. The van der Waals surface area contributed by atoms with Crippen LogP contribution < -0.4 is 0 Å². The van der Waals surface area contributed by atoms with Crippen molar-refractivity contribution in [1.82, 2.24) is 9.13 Å². The number of para-hydroxylation sites is 4. The molecule has 0 N–H and O–H groups in total. The molecule has 0 radical (unpaired) electrons. The third-order valence-electron chi connectivity index (χ3n) is 10.5. The lowest BCUT2D eigenvalue weighted by atomic mass is 9.99. The zero-order chi connectivity index (χ0) is 33.5. The number of thiophene rings is 1. The van der Waals surface area contributed by atoms with E-state index < -0.39 is 0 Å². The average molecular weight is 667 g/mol. The summed E-state index contributed by atoms with van der Waals surface area (Å²) in [6, 6.07) is 66.7. The minimum atomic E-state index is 1.15. The van der Waals surface area contributed by atoms with Crippen molar-refractivity contribution >= 4 is 75.1 Å². The Kier molecular flexibility index (Phi) is 6.16. The van der Waals surface area contributed by atoms with Crippen LogP contribution in [-0.4, -0.2) is 9.13 Å². The van der Waals surface area contributed by atoms with Crippen molar-refractivity contribution in [1.29, 1.82) is 0 Å². The van der Waals surface area contributed by atoms with Crippen LogP contribution in [0.4, 0.5) is 0 Å². The van der Waals surface area contributed by atoms with Gasteiger partial charge in [-0.05, 0) is 59.7 Å². The molecule has 0 bridgehead atoms. The van der Waals surface area contributed by atoms with Gasteiger partial charge in [-0.1, -0.05) is 133 Å². The summed E-state index contributed by atoms with van der Waals surface area (Å²) in [5.41, 5.74) is 12.0. The molecule has 3 aromatic heterocycles. The third-order valence-corrected chi connectivity index (χ3v) is 11.7. The molecular formula is C48H30N2S. The van der Waals surface area contributed by atoms with E-state index in [1.165, 1.54) is 91.7 Å². The number of aromatic nitrogens is 2. The average Bonchev–Trinajstić information content (AvgIpc) is 3.86. The molecule has 0 atom stereocenters. The van der Waals surface area contributed by atoms with Gasteiger partial charge in [0.1, 0.15) is 0 Å². The van der Waals surface area contributed by atoms with Gasteiger partial charge in [0.25, 0.3) is 0 Å². The Morgan fingerprint density at radius 1 is 0.314 bits per heavy atom. The number of fused-ring (bicyclic) bond motifs is 9. The second-order valence-electron chi connectivity index (χ2n) is 13.3. The van der Waals surface area contributed by atoms with Gasteiger partial charge in [0.05, 0.1) is 22.1 Å². The number of hydrogen-bond acceptors (Lipinski definition) is 1. The first-order valence-corrected chi connectivity index (χ1v) is 18.3. The summed E-state index contributed by atoms with van der Waals surface area (Å²) >= 11 is 1.87. The van der Waals surface area contributed by atoms with E-state index in [0.29, 0.717) is 0 Å². The van der Waals surface area contributed by atoms with Crippen LogP contribution in [0.1, 0.15) is 0 Å². The summed E-state index contributed by atoms with van der Waals surface area (Å²) < 4.78 is 7.60. The summed E-state index contributed by atoms with van der Waals surface area (Å²) in [6.07, 6.45) is 0. The quantitative estimate of drug-likeness (QED) is 0.177. The predicted octanol–water partition coefficient (Wildman–Crippen LogP) is 13.6. The molecular weight excluding hydrogens is 637 g/mol. The first-order chi connectivity index (χ1) is 25.3. The van der Waals surface area contributed by atoms with E-state index in [0.717, 1.165) is 5.69 Å². The van der Waals surface area contributed by atoms with Crippen molar-refractivity contribution in [3.63, 3.8) is 0 Å². The molecule has 0 aliphatic rings. The molecule has 0 saturated carbocycles. The SMILES string of the molecule is c1ccc(-c2cccc(-n3c4ccccc4c4cccc(-c5cccc6c7ccccc7n(-c7ccc8sc9ccccc9c8c7)c56)c43)c2)cc1. The summed E-state index contributed by atoms with van der Waals surface area (Å²) in [4.78, 5) is 0. The molecule has 3 heterocycles. The Hall–Kier alpha value is -6.42. The zero-order valence-electron chi connectivity index (χ0n) is 27.6. The van der Waals surface area contributed by atoms with Crippen molar-refractivity contribution < 1.29 is 0 Å². The number of rotatable bonds is 4. The third kappa shape index (κ3) is 4.22. The summed E-state index contributed by atoms with van der Waals surface area (Å²) in [6.45, 7) is 0. The molecule has 51 heavy (non-hydrogen) atoms. The Balaban J connectivity index is 1.24.